The SMILES string of the molecule is OCC1CCCCCCCCCCCCCCCC1. The molecule has 0 saturated heterocycles. The zero-order valence-corrected chi connectivity index (χ0v) is 13.0. The van der Waals surface area contributed by atoms with Crippen molar-refractivity contribution >= 4 is 0 Å². The molecule has 0 unspecified atom stereocenters. The van der Waals surface area contributed by atoms with Gasteiger partial charge in [-0.25, -0.2) is 0 Å². The summed E-state index contributed by atoms with van der Waals surface area (Å²) in [4.78, 5) is 0. The zero-order chi connectivity index (χ0) is 13.6. The third-order valence-electron chi connectivity index (χ3n) is 4.73. The molecule has 114 valence electrons. The van der Waals surface area contributed by atoms with Crippen LogP contribution in [0.25, 0.3) is 0 Å². The monoisotopic (exact) mass is 268 g/mol. The highest BCUT2D eigenvalue weighted by Crippen LogP contribution is 2.20. The lowest BCUT2D eigenvalue weighted by atomic mass is 9.95. The summed E-state index contributed by atoms with van der Waals surface area (Å²) in [5, 5.41) is 9.42. The van der Waals surface area contributed by atoms with Crippen LogP contribution in [-0.2, 0) is 0 Å². The molecule has 1 heteroatoms. The lowest BCUT2D eigenvalue weighted by Gasteiger charge is -2.13. The number of rotatable bonds is 1. The predicted molar refractivity (Wildman–Crippen MR) is 84.4 cm³/mol. The van der Waals surface area contributed by atoms with Crippen LogP contribution in [0.3, 0.4) is 0 Å². The Hall–Kier alpha value is -0.0400. The van der Waals surface area contributed by atoms with E-state index < -0.39 is 0 Å². The van der Waals surface area contributed by atoms with Crippen molar-refractivity contribution < 1.29 is 5.11 Å². The molecule has 1 saturated carbocycles. The molecule has 0 spiro atoms. The van der Waals surface area contributed by atoms with E-state index in [0.717, 1.165) is 0 Å². The van der Waals surface area contributed by atoms with Gasteiger partial charge in [-0.1, -0.05) is 89.9 Å². The molecule has 1 aliphatic carbocycles. The van der Waals surface area contributed by atoms with Crippen molar-refractivity contribution in [3.05, 3.63) is 0 Å². The molecule has 0 aliphatic heterocycles. The van der Waals surface area contributed by atoms with E-state index in [2.05, 4.69) is 0 Å². The van der Waals surface area contributed by atoms with Crippen LogP contribution in [0.5, 0.6) is 0 Å². The summed E-state index contributed by atoms with van der Waals surface area (Å²) >= 11 is 0. The van der Waals surface area contributed by atoms with Gasteiger partial charge in [-0.3, -0.25) is 0 Å². The molecule has 0 bridgehead atoms. The molecule has 1 nitrogen and oxygen atoms in total. The van der Waals surface area contributed by atoms with Crippen molar-refractivity contribution in [3.63, 3.8) is 0 Å². The van der Waals surface area contributed by atoms with Gasteiger partial charge in [0.05, 0.1) is 0 Å². The summed E-state index contributed by atoms with van der Waals surface area (Å²) in [7, 11) is 0. The summed E-state index contributed by atoms with van der Waals surface area (Å²) in [6, 6.07) is 0. The second kappa shape index (κ2) is 13.0. The second-order valence-corrected chi connectivity index (χ2v) is 6.58. The molecule has 0 aromatic rings. The topological polar surface area (TPSA) is 20.2 Å². The molecule has 1 aliphatic rings. The van der Waals surface area contributed by atoms with Crippen LogP contribution in [0.1, 0.15) is 103 Å². The molecule has 0 amide bonds. The number of aliphatic hydroxyl groups is 1. The Morgan fingerprint density at radius 1 is 0.474 bits per heavy atom. The van der Waals surface area contributed by atoms with Crippen LogP contribution in [0, 0.1) is 5.92 Å². The molecular formula is C18H36O. The quantitative estimate of drug-likeness (QED) is 0.632. The molecule has 1 N–H and O–H groups in total. The third-order valence-corrected chi connectivity index (χ3v) is 4.73. The van der Waals surface area contributed by atoms with Crippen LogP contribution in [0.2, 0.25) is 0 Å². The van der Waals surface area contributed by atoms with Gasteiger partial charge in [0.1, 0.15) is 0 Å². The summed E-state index contributed by atoms with van der Waals surface area (Å²) in [5.74, 6) is 0.593. The molecular weight excluding hydrogens is 232 g/mol. The van der Waals surface area contributed by atoms with Crippen molar-refractivity contribution in [2.75, 3.05) is 6.61 Å². The van der Waals surface area contributed by atoms with E-state index in [1.807, 2.05) is 0 Å². The van der Waals surface area contributed by atoms with Crippen LogP contribution in [0.15, 0.2) is 0 Å². The Kier molecular flexibility index (Phi) is 11.6. The maximum atomic E-state index is 9.42. The van der Waals surface area contributed by atoms with Crippen molar-refractivity contribution in [1.82, 2.24) is 0 Å². The Balaban J connectivity index is 2.15. The van der Waals surface area contributed by atoms with Gasteiger partial charge in [0.15, 0.2) is 0 Å². The Labute approximate surface area is 121 Å². The Morgan fingerprint density at radius 3 is 1.00 bits per heavy atom. The minimum Gasteiger partial charge on any atom is -0.396 e. The van der Waals surface area contributed by atoms with E-state index in [1.165, 1.54) is 103 Å². The van der Waals surface area contributed by atoms with Gasteiger partial charge in [0.25, 0.3) is 0 Å². The lowest BCUT2D eigenvalue weighted by molar-refractivity contribution is 0.204. The first-order chi connectivity index (χ1) is 9.43. The van der Waals surface area contributed by atoms with Crippen LogP contribution in [0.4, 0.5) is 0 Å². The fraction of sp³-hybridized carbons (Fsp3) is 1.00. The van der Waals surface area contributed by atoms with Gasteiger partial charge < -0.3 is 5.11 Å². The van der Waals surface area contributed by atoms with E-state index in [1.54, 1.807) is 0 Å². The number of hydrogen-bond donors (Lipinski definition) is 1. The number of hydrogen-bond acceptors (Lipinski definition) is 1. The molecule has 0 aromatic heterocycles. The van der Waals surface area contributed by atoms with E-state index >= 15 is 0 Å². The molecule has 1 fully saturated rings. The van der Waals surface area contributed by atoms with E-state index in [0.29, 0.717) is 12.5 Å². The first-order valence-corrected chi connectivity index (χ1v) is 9.04. The maximum Gasteiger partial charge on any atom is 0.0459 e. The number of aliphatic hydroxyl groups excluding tert-OH is 1. The lowest BCUT2D eigenvalue weighted by Crippen LogP contribution is -2.06. The molecule has 0 heterocycles. The van der Waals surface area contributed by atoms with Crippen LogP contribution < -0.4 is 0 Å². The minimum atomic E-state index is 0.417. The fourth-order valence-electron chi connectivity index (χ4n) is 3.31. The molecule has 0 radical (unpaired) electrons. The standard InChI is InChI=1S/C18H36O/c19-17-18-15-13-11-9-7-5-3-1-2-4-6-8-10-12-14-16-18/h18-19H,1-17H2. The Morgan fingerprint density at radius 2 is 0.737 bits per heavy atom. The van der Waals surface area contributed by atoms with Crippen molar-refractivity contribution in [1.29, 1.82) is 0 Å². The molecule has 19 heavy (non-hydrogen) atoms. The average Bonchev–Trinajstić information content (AvgIpc) is 2.44. The third kappa shape index (κ3) is 10.4. The summed E-state index contributed by atoms with van der Waals surface area (Å²) in [5.41, 5.74) is 0. The highest BCUT2D eigenvalue weighted by atomic mass is 16.3. The average molecular weight is 268 g/mol. The van der Waals surface area contributed by atoms with Gasteiger partial charge in [-0.15, -0.1) is 0 Å². The first-order valence-electron chi connectivity index (χ1n) is 9.04. The van der Waals surface area contributed by atoms with Gasteiger partial charge >= 0.3 is 0 Å². The molecule has 0 atom stereocenters. The van der Waals surface area contributed by atoms with E-state index in [4.69, 9.17) is 0 Å². The fourth-order valence-corrected chi connectivity index (χ4v) is 3.31. The maximum absolute atomic E-state index is 9.42. The minimum absolute atomic E-state index is 0.417. The zero-order valence-electron chi connectivity index (χ0n) is 13.0. The summed E-state index contributed by atoms with van der Waals surface area (Å²) in [6.45, 7) is 0.417. The van der Waals surface area contributed by atoms with Gasteiger partial charge in [0.2, 0.25) is 0 Å². The predicted octanol–water partition coefficient (Wildman–Crippen LogP) is 5.85. The van der Waals surface area contributed by atoms with Crippen molar-refractivity contribution in [2.45, 2.75) is 103 Å². The molecule has 0 aromatic carbocycles. The highest BCUT2D eigenvalue weighted by Gasteiger charge is 2.07. The summed E-state index contributed by atoms with van der Waals surface area (Å²) in [6.07, 6.45) is 22.4. The smallest absolute Gasteiger partial charge is 0.0459 e. The van der Waals surface area contributed by atoms with E-state index in [-0.39, 0.29) is 0 Å². The van der Waals surface area contributed by atoms with Crippen LogP contribution in [-0.4, -0.2) is 11.7 Å². The van der Waals surface area contributed by atoms with Crippen molar-refractivity contribution in [2.24, 2.45) is 5.92 Å². The summed E-state index contributed by atoms with van der Waals surface area (Å²) < 4.78 is 0. The largest absolute Gasteiger partial charge is 0.396 e. The molecule has 1 rings (SSSR count). The van der Waals surface area contributed by atoms with E-state index in [9.17, 15) is 5.11 Å². The normalized spacial score (nSPS) is 23.8. The second-order valence-electron chi connectivity index (χ2n) is 6.58. The first kappa shape index (κ1) is 17.0. The van der Waals surface area contributed by atoms with Gasteiger partial charge in [-0.2, -0.15) is 0 Å². The Bertz CT molecular complexity index is 161. The van der Waals surface area contributed by atoms with Gasteiger partial charge in [-0.05, 0) is 18.8 Å². The van der Waals surface area contributed by atoms with Gasteiger partial charge in [0, 0.05) is 6.61 Å². The van der Waals surface area contributed by atoms with Crippen LogP contribution >= 0.6 is 0 Å². The van der Waals surface area contributed by atoms with Crippen molar-refractivity contribution in [3.8, 4) is 0 Å². The highest BCUT2D eigenvalue weighted by molar-refractivity contribution is 4.60.